The van der Waals surface area contributed by atoms with Crippen molar-refractivity contribution >= 4 is 70.0 Å². The Kier molecular flexibility index (Phi) is 12.7. The third-order valence-corrected chi connectivity index (χ3v) is 15.4. The molecule has 0 spiro atoms. The first kappa shape index (κ1) is 41.3. The minimum atomic E-state index is -3.98. The predicted octanol–water partition coefficient (Wildman–Crippen LogP) is 6.35. The molecule has 294 valence electrons. The largest absolute Gasteiger partial charge is 0.451 e. The van der Waals surface area contributed by atoms with Crippen molar-refractivity contribution in [2.75, 3.05) is 0 Å². The van der Waals surface area contributed by atoms with Crippen molar-refractivity contribution in [3.8, 4) is 22.6 Å². The van der Waals surface area contributed by atoms with Gasteiger partial charge in [0.05, 0.1) is 0 Å². The summed E-state index contributed by atoms with van der Waals surface area (Å²) in [6, 6.07) is 44.4. The molecule has 0 aromatic heterocycles. The van der Waals surface area contributed by atoms with Crippen LogP contribution in [0.3, 0.4) is 0 Å². The first-order chi connectivity index (χ1) is 27.8. The molecule has 6 aromatic carbocycles. The van der Waals surface area contributed by atoms with Gasteiger partial charge in [-0.1, -0.05) is 133 Å². The molecule has 6 rings (SSSR count). The number of carbonyl (C=O) groups excluding carboxylic acids is 4. The third-order valence-electron chi connectivity index (χ3n) is 9.19. The summed E-state index contributed by atoms with van der Waals surface area (Å²) in [6.07, 6.45) is -2.72. The molecule has 0 aliphatic rings. The maximum atomic E-state index is 16.3. The lowest BCUT2D eigenvalue weighted by atomic mass is 10.0. The molecule has 0 N–H and O–H groups in total. The highest BCUT2D eigenvalue weighted by atomic mass is 31.2. The zero-order chi connectivity index (χ0) is 41.5. The molecule has 0 aliphatic carbocycles. The molecule has 0 unspecified atom stereocenters. The summed E-state index contributed by atoms with van der Waals surface area (Å²) in [7, 11) is -7.96. The van der Waals surface area contributed by atoms with Crippen LogP contribution < -0.4 is 41.3 Å². The monoisotopic (exact) mass is 814 g/mol. The van der Waals surface area contributed by atoms with E-state index >= 15 is 9.13 Å². The quantitative estimate of drug-likeness (QED) is 0.0737. The molecule has 2 atom stereocenters. The number of hydrogen-bond acceptors (Lipinski definition) is 10. The number of esters is 4. The highest BCUT2D eigenvalue weighted by Gasteiger charge is 2.40. The number of ether oxygens (including phenoxy) is 4. The van der Waals surface area contributed by atoms with Crippen LogP contribution in [0.2, 0.25) is 0 Å². The summed E-state index contributed by atoms with van der Waals surface area (Å²) in [5.74, 6) is -3.67. The van der Waals surface area contributed by atoms with Gasteiger partial charge in [0.15, 0.2) is 26.5 Å². The van der Waals surface area contributed by atoms with Gasteiger partial charge in [-0.3, -0.25) is 9.59 Å². The average Bonchev–Trinajstić information content (AvgIpc) is 3.23. The van der Waals surface area contributed by atoms with Crippen molar-refractivity contribution in [3.05, 3.63) is 158 Å². The van der Waals surface area contributed by atoms with Crippen LogP contribution in [0.15, 0.2) is 158 Å². The van der Waals surface area contributed by atoms with Crippen molar-refractivity contribution in [1.29, 1.82) is 0 Å². The fourth-order valence-electron chi connectivity index (χ4n) is 6.62. The van der Waals surface area contributed by atoms with Crippen LogP contribution in [-0.2, 0) is 37.8 Å². The van der Waals surface area contributed by atoms with E-state index in [2.05, 4.69) is 0 Å². The van der Waals surface area contributed by atoms with Crippen molar-refractivity contribution in [3.63, 3.8) is 0 Å². The van der Waals surface area contributed by atoms with Crippen LogP contribution in [0, 0.1) is 0 Å². The molecule has 0 radical (unpaired) electrons. The van der Waals surface area contributed by atoms with Gasteiger partial charge < -0.3 is 28.1 Å². The molecular weight excluding hydrogens is 774 g/mol. The van der Waals surface area contributed by atoms with Gasteiger partial charge in [0.25, 0.3) is 0 Å². The Morgan fingerprint density at radius 2 is 0.690 bits per heavy atom. The highest BCUT2D eigenvalue weighted by Crippen LogP contribution is 2.52. The lowest BCUT2D eigenvalue weighted by molar-refractivity contribution is -0.159. The van der Waals surface area contributed by atoms with Crippen LogP contribution in [0.25, 0.3) is 11.1 Å². The Bertz CT molecular complexity index is 2280. The van der Waals surface area contributed by atoms with Gasteiger partial charge in [-0.2, -0.15) is 0 Å². The molecule has 0 saturated heterocycles. The van der Waals surface area contributed by atoms with Gasteiger partial charge in [-0.05, 0) is 38.1 Å². The third kappa shape index (κ3) is 8.49. The van der Waals surface area contributed by atoms with Crippen molar-refractivity contribution in [2.45, 2.75) is 39.9 Å². The fraction of sp³-hybridized carbons (Fsp3) is 0.130. The second kappa shape index (κ2) is 17.9. The van der Waals surface area contributed by atoms with Crippen LogP contribution >= 0.6 is 14.3 Å². The minimum Gasteiger partial charge on any atom is -0.451 e. The molecule has 0 aliphatic heterocycles. The average molecular weight is 815 g/mol. The van der Waals surface area contributed by atoms with Crippen molar-refractivity contribution < 1.29 is 47.3 Å². The van der Waals surface area contributed by atoms with E-state index in [4.69, 9.17) is 18.9 Å². The molecule has 0 amide bonds. The summed E-state index contributed by atoms with van der Waals surface area (Å²) < 4.78 is 55.2. The van der Waals surface area contributed by atoms with Gasteiger partial charge in [0.1, 0.15) is 11.5 Å². The summed E-state index contributed by atoms with van der Waals surface area (Å²) in [5, 5.41) is 2.00. The van der Waals surface area contributed by atoms with Gasteiger partial charge in [0, 0.05) is 56.8 Å². The lowest BCUT2D eigenvalue weighted by Crippen LogP contribution is -2.32. The van der Waals surface area contributed by atoms with Crippen molar-refractivity contribution in [2.24, 2.45) is 0 Å². The van der Waals surface area contributed by atoms with Gasteiger partial charge in [0.2, 0.25) is 0 Å². The first-order valence-electron chi connectivity index (χ1n) is 18.3. The standard InChI is InChI=1S/C46H40O10P2/c1-31(53-33(3)47)45(49)55-39-27-17-29-41(57(51,35-19-9-5-10-20-35)36-21-11-6-12-22-36)43(39)44-40(56-46(50)32(2)54-34(4)48)28-18-30-42(44)58(52,37-23-13-7-14-24-37)38-25-15-8-16-26-38/h5-32H,1-4H3/t31-,32-/m0/s1. The Hall–Kier alpha value is -6.34. The summed E-state index contributed by atoms with van der Waals surface area (Å²) >= 11 is 0. The van der Waals surface area contributed by atoms with E-state index in [0.29, 0.717) is 21.2 Å². The molecule has 10 nitrogen and oxygen atoms in total. The van der Waals surface area contributed by atoms with E-state index in [1.165, 1.54) is 26.0 Å². The number of benzene rings is 6. The maximum absolute atomic E-state index is 16.3. The highest BCUT2D eigenvalue weighted by molar-refractivity contribution is 7.86. The molecular formula is C46H40O10P2. The second-order valence-electron chi connectivity index (χ2n) is 13.2. The van der Waals surface area contributed by atoms with Crippen molar-refractivity contribution in [1.82, 2.24) is 0 Å². The number of rotatable bonds is 13. The molecule has 0 fully saturated rings. The van der Waals surface area contributed by atoms with E-state index in [1.807, 2.05) is 0 Å². The Morgan fingerprint density at radius 1 is 0.414 bits per heavy atom. The Balaban J connectivity index is 1.79. The lowest BCUT2D eigenvalue weighted by Gasteiger charge is -2.29. The van der Waals surface area contributed by atoms with E-state index in [-0.39, 0.29) is 33.2 Å². The normalized spacial score (nSPS) is 12.4. The van der Waals surface area contributed by atoms with Crippen LogP contribution in [0.4, 0.5) is 0 Å². The number of hydrogen-bond donors (Lipinski definition) is 0. The van der Waals surface area contributed by atoms with Crippen LogP contribution in [-0.4, -0.2) is 36.1 Å². The first-order valence-corrected chi connectivity index (χ1v) is 21.7. The minimum absolute atomic E-state index is 0.0209. The zero-order valence-corrected chi connectivity index (χ0v) is 33.9. The molecule has 12 heteroatoms. The SMILES string of the molecule is CC(=O)O[C@@H](C)C(=O)Oc1cccc(P(=O)(c2ccccc2)c2ccccc2)c1-c1c(OC(=O)[C@H](C)OC(C)=O)cccc1P(=O)(c1ccccc1)c1ccccc1. The molecule has 58 heavy (non-hydrogen) atoms. The van der Waals surface area contributed by atoms with Crippen LogP contribution in [0.5, 0.6) is 11.5 Å². The Labute approximate surface area is 336 Å². The van der Waals surface area contributed by atoms with Gasteiger partial charge >= 0.3 is 23.9 Å². The topological polar surface area (TPSA) is 139 Å². The van der Waals surface area contributed by atoms with E-state index in [0.717, 1.165) is 13.8 Å². The summed E-state index contributed by atoms with van der Waals surface area (Å²) in [5.41, 5.74) is 0.0417. The predicted molar refractivity (Wildman–Crippen MR) is 224 cm³/mol. The van der Waals surface area contributed by atoms with Gasteiger partial charge in [-0.25, -0.2) is 9.59 Å². The molecule has 0 saturated carbocycles. The summed E-state index contributed by atoms with van der Waals surface area (Å²) in [4.78, 5) is 51.3. The zero-order valence-electron chi connectivity index (χ0n) is 32.1. The Morgan fingerprint density at radius 3 is 0.948 bits per heavy atom. The van der Waals surface area contributed by atoms with E-state index < -0.39 is 50.4 Å². The molecule has 0 bridgehead atoms. The number of carbonyl (C=O) groups is 4. The van der Waals surface area contributed by atoms with Crippen LogP contribution in [0.1, 0.15) is 27.7 Å². The van der Waals surface area contributed by atoms with E-state index in [9.17, 15) is 19.2 Å². The van der Waals surface area contributed by atoms with E-state index in [1.54, 1.807) is 146 Å². The second-order valence-corrected chi connectivity index (χ2v) is 18.7. The smallest absolute Gasteiger partial charge is 0.352 e. The van der Waals surface area contributed by atoms with Gasteiger partial charge in [-0.15, -0.1) is 0 Å². The molecule has 6 aromatic rings. The molecule has 0 heterocycles. The summed E-state index contributed by atoms with van der Waals surface area (Å²) in [6.45, 7) is 5.01. The maximum Gasteiger partial charge on any atom is 0.352 e. The fourth-order valence-corrected chi connectivity index (χ4v) is 12.4.